The largest absolute Gasteiger partial charge is 0.495 e. The number of thiazole rings is 1. The quantitative estimate of drug-likeness (QED) is 0.802. The molecular formula is C14H13N3O3S. The molecule has 1 N–H and O–H groups in total. The van der Waals surface area contributed by atoms with Crippen LogP contribution < -0.4 is 9.64 Å². The second kappa shape index (κ2) is 5.10. The van der Waals surface area contributed by atoms with Crippen molar-refractivity contribution in [2.24, 2.45) is 0 Å². The summed E-state index contributed by atoms with van der Waals surface area (Å²) in [5, 5.41) is 11.3. The fraction of sp³-hybridized carbons (Fsp3) is 0.143. The smallest absolute Gasteiger partial charge is 0.356 e. The van der Waals surface area contributed by atoms with Crippen LogP contribution >= 0.6 is 11.3 Å². The summed E-state index contributed by atoms with van der Waals surface area (Å²) >= 11 is 1.39. The summed E-state index contributed by atoms with van der Waals surface area (Å²) in [6.45, 7) is 0. The summed E-state index contributed by atoms with van der Waals surface area (Å²) in [7, 11) is 3.35. The lowest BCUT2D eigenvalue weighted by molar-refractivity contribution is 0.0690. The molecule has 0 atom stereocenters. The van der Waals surface area contributed by atoms with Gasteiger partial charge in [0.25, 0.3) is 0 Å². The minimum Gasteiger partial charge on any atom is -0.495 e. The van der Waals surface area contributed by atoms with Crippen LogP contribution in [0.3, 0.4) is 0 Å². The molecule has 0 amide bonds. The molecule has 2 aromatic heterocycles. The first kappa shape index (κ1) is 13.4. The summed E-state index contributed by atoms with van der Waals surface area (Å²) in [6.07, 6.45) is 1.70. The molecule has 0 unspecified atom stereocenters. The third-order valence-corrected chi connectivity index (χ3v) is 3.97. The maximum atomic E-state index is 11.6. The number of para-hydroxylation sites is 2. The third-order valence-electron chi connectivity index (χ3n) is 3.21. The number of nitrogens with zero attached hydrogens (tertiary/aromatic N) is 3. The number of carboxylic acids is 1. The van der Waals surface area contributed by atoms with Gasteiger partial charge in [-0.3, -0.25) is 4.40 Å². The summed E-state index contributed by atoms with van der Waals surface area (Å²) < 4.78 is 6.90. The van der Waals surface area contributed by atoms with Crippen molar-refractivity contribution >= 4 is 33.8 Å². The molecule has 0 fully saturated rings. The van der Waals surface area contributed by atoms with E-state index in [1.54, 1.807) is 29.7 Å². The summed E-state index contributed by atoms with van der Waals surface area (Å²) in [5.41, 5.74) is 0.896. The van der Waals surface area contributed by atoms with Gasteiger partial charge in [-0.25, -0.2) is 9.78 Å². The number of benzene rings is 1. The molecule has 0 aliphatic carbocycles. The molecule has 0 aliphatic heterocycles. The fourth-order valence-electron chi connectivity index (χ4n) is 2.23. The van der Waals surface area contributed by atoms with Gasteiger partial charge in [-0.05, 0) is 12.1 Å². The maximum absolute atomic E-state index is 11.6. The molecule has 7 heteroatoms. The Labute approximate surface area is 124 Å². The third kappa shape index (κ3) is 2.11. The highest BCUT2D eigenvalue weighted by Crippen LogP contribution is 2.34. The van der Waals surface area contributed by atoms with Crippen molar-refractivity contribution in [2.45, 2.75) is 0 Å². The number of hydrogen-bond acceptors (Lipinski definition) is 5. The Morgan fingerprint density at radius 1 is 1.43 bits per heavy atom. The predicted octanol–water partition coefficient (Wildman–Crippen LogP) is 2.87. The topological polar surface area (TPSA) is 67.1 Å². The van der Waals surface area contributed by atoms with Crippen LogP contribution in [0.1, 0.15) is 10.5 Å². The lowest BCUT2D eigenvalue weighted by Crippen LogP contribution is -2.15. The molecule has 0 aliphatic rings. The molecule has 108 valence electrons. The standard InChI is InChI=1S/C14H13N3O3S/c1-16(9-5-3-4-6-10(9)20-2)12-11(13(18)19)17-7-8-21-14(17)15-12/h3-8H,1-2H3,(H,18,19). The summed E-state index contributed by atoms with van der Waals surface area (Å²) in [4.78, 5) is 18.4. The number of hydrogen-bond donors (Lipinski definition) is 1. The lowest BCUT2D eigenvalue weighted by Gasteiger charge is -2.20. The Bertz CT molecular complexity index is 809. The van der Waals surface area contributed by atoms with Gasteiger partial charge >= 0.3 is 5.97 Å². The number of carbonyl (C=O) groups is 1. The van der Waals surface area contributed by atoms with E-state index in [9.17, 15) is 9.90 Å². The molecule has 1 aromatic carbocycles. The lowest BCUT2D eigenvalue weighted by atomic mass is 10.2. The highest BCUT2D eigenvalue weighted by atomic mass is 32.1. The van der Waals surface area contributed by atoms with E-state index in [4.69, 9.17) is 4.74 Å². The molecule has 0 radical (unpaired) electrons. The van der Waals surface area contributed by atoms with Crippen molar-refractivity contribution < 1.29 is 14.6 Å². The van der Waals surface area contributed by atoms with E-state index in [0.29, 0.717) is 16.5 Å². The van der Waals surface area contributed by atoms with Crippen LogP contribution in [0.5, 0.6) is 5.75 Å². The van der Waals surface area contributed by atoms with Crippen LogP contribution in [0.15, 0.2) is 35.8 Å². The summed E-state index contributed by atoms with van der Waals surface area (Å²) in [5.74, 6) is 0.0317. The zero-order valence-electron chi connectivity index (χ0n) is 11.5. The number of carboxylic acid groups (broad SMARTS) is 1. The van der Waals surface area contributed by atoms with Gasteiger partial charge in [0.05, 0.1) is 12.8 Å². The van der Waals surface area contributed by atoms with E-state index >= 15 is 0 Å². The molecular weight excluding hydrogens is 290 g/mol. The Balaban J connectivity index is 2.17. The minimum absolute atomic E-state index is 0.139. The normalized spacial score (nSPS) is 10.8. The van der Waals surface area contributed by atoms with E-state index in [1.807, 2.05) is 29.6 Å². The summed E-state index contributed by atoms with van der Waals surface area (Å²) in [6, 6.07) is 7.41. The van der Waals surface area contributed by atoms with E-state index < -0.39 is 5.97 Å². The molecule has 0 saturated heterocycles. The van der Waals surface area contributed by atoms with Gasteiger partial charge in [-0.2, -0.15) is 0 Å². The Kier molecular flexibility index (Phi) is 3.26. The van der Waals surface area contributed by atoms with E-state index in [2.05, 4.69) is 4.98 Å². The van der Waals surface area contributed by atoms with E-state index in [0.717, 1.165) is 5.69 Å². The van der Waals surface area contributed by atoms with Crippen molar-refractivity contribution in [3.05, 3.63) is 41.5 Å². The van der Waals surface area contributed by atoms with Crippen LogP contribution in [0, 0.1) is 0 Å². The average molecular weight is 303 g/mol. The van der Waals surface area contributed by atoms with Gasteiger partial charge in [-0.1, -0.05) is 12.1 Å². The highest BCUT2D eigenvalue weighted by Gasteiger charge is 2.24. The second-order valence-corrected chi connectivity index (χ2v) is 5.25. The predicted molar refractivity (Wildman–Crippen MR) is 81.1 cm³/mol. The Hall–Kier alpha value is -2.54. The van der Waals surface area contributed by atoms with Crippen LogP contribution in [-0.2, 0) is 0 Å². The number of ether oxygens (including phenoxy) is 1. The van der Waals surface area contributed by atoms with Crippen LogP contribution in [0.4, 0.5) is 11.5 Å². The van der Waals surface area contributed by atoms with Crippen molar-refractivity contribution in [3.8, 4) is 5.75 Å². The molecule has 0 spiro atoms. The minimum atomic E-state index is -1.02. The Morgan fingerprint density at radius 3 is 2.90 bits per heavy atom. The highest BCUT2D eigenvalue weighted by molar-refractivity contribution is 7.15. The zero-order valence-corrected chi connectivity index (χ0v) is 12.3. The first-order chi connectivity index (χ1) is 10.1. The van der Waals surface area contributed by atoms with Gasteiger partial charge in [0.2, 0.25) is 0 Å². The van der Waals surface area contributed by atoms with Gasteiger partial charge in [-0.15, -0.1) is 11.3 Å². The zero-order chi connectivity index (χ0) is 15.0. The Morgan fingerprint density at radius 2 is 2.19 bits per heavy atom. The SMILES string of the molecule is COc1ccccc1N(C)c1nc2sccn2c1C(=O)O. The number of rotatable bonds is 4. The first-order valence-corrected chi connectivity index (χ1v) is 7.07. The number of aromatic carboxylic acids is 1. The maximum Gasteiger partial charge on any atom is 0.356 e. The second-order valence-electron chi connectivity index (χ2n) is 4.38. The van der Waals surface area contributed by atoms with Gasteiger partial charge < -0.3 is 14.7 Å². The van der Waals surface area contributed by atoms with E-state index in [1.165, 1.54) is 11.3 Å². The van der Waals surface area contributed by atoms with Crippen molar-refractivity contribution in [1.82, 2.24) is 9.38 Å². The van der Waals surface area contributed by atoms with E-state index in [-0.39, 0.29) is 5.69 Å². The number of aromatic nitrogens is 2. The number of anilines is 2. The average Bonchev–Trinajstić information content (AvgIpc) is 3.06. The van der Waals surface area contributed by atoms with Gasteiger partial charge in [0, 0.05) is 18.6 Å². The molecule has 0 saturated carbocycles. The molecule has 21 heavy (non-hydrogen) atoms. The van der Waals surface area contributed by atoms with Crippen LogP contribution in [0.2, 0.25) is 0 Å². The van der Waals surface area contributed by atoms with Crippen LogP contribution in [0.25, 0.3) is 4.96 Å². The molecule has 3 rings (SSSR count). The van der Waals surface area contributed by atoms with Gasteiger partial charge in [0.15, 0.2) is 16.5 Å². The van der Waals surface area contributed by atoms with Crippen molar-refractivity contribution in [3.63, 3.8) is 0 Å². The number of imidazole rings is 1. The number of fused-ring (bicyclic) bond motifs is 1. The molecule has 6 nitrogen and oxygen atoms in total. The van der Waals surface area contributed by atoms with Gasteiger partial charge in [0.1, 0.15) is 5.75 Å². The molecule has 0 bridgehead atoms. The molecule has 2 heterocycles. The first-order valence-electron chi connectivity index (χ1n) is 6.19. The van der Waals surface area contributed by atoms with Crippen LogP contribution in [-0.4, -0.2) is 34.6 Å². The van der Waals surface area contributed by atoms with Crippen molar-refractivity contribution in [2.75, 3.05) is 19.1 Å². The van der Waals surface area contributed by atoms with Crippen molar-refractivity contribution in [1.29, 1.82) is 0 Å². The fourth-order valence-corrected chi connectivity index (χ4v) is 2.94. The monoisotopic (exact) mass is 303 g/mol. The number of methoxy groups -OCH3 is 1. The molecule has 3 aromatic rings.